The SMILES string of the molecule is Cc1ccc(S[C@H]2OC(CO)C(O)[C@@H]3OC(=O)N[C@H]23)cc1. The van der Waals surface area contributed by atoms with Gasteiger partial charge < -0.3 is 25.0 Å². The van der Waals surface area contributed by atoms with E-state index < -0.39 is 35.9 Å². The number of aliphatic hydroxyl groups is 2. The van der Waals surface area contributed by atoms with Crippen LogP contribution in [0.15, 0.2) is 29.2 Å². The Balaban J connectivity index is 1.79. The Labute approximate surface area is 126 Å². The fourth-order valence-corrected chi connectivity index (χ4v) is 3.64. The highest BCUT2D eigenvalue weighted by Gasteiger charge is 2.51. The average Bonchev–Trinajstić information content (AvgIpc) is 2.87. The largest absolute Gasteiger partial charge is 0.441 e. The summed E-state index contributed by atoms with van der Waals surface area (Å²) in [5.41, 5.74) is 0.729. The molecule has 3 N–H and O–H groups in total. The molecule has 2 aliphatic rings. The summed E-state index contributed by atoms with van der Waals surface area (Å²) in [5.74, 6) is 0. The lowest BCUT2D eigenvalue weighted by Crippen LogP contribution is -2.58. The van der Waals surface area contributed by atoms with Crippen molar-refractivity contribution in [2.45, 2.75) is 41.6 Å². The van der Waals surface area contributed by atoms with Crippen molar-refractivity contribution in [1.82, 2.24) is 5.32 Å². The van der Waals surface area contributed by atoms with Gasteiger partial charge in [-0.3, -0.25) is 0 Å². The Hall–Kier alpha value is -1.28. The standard InChI is InChI=1S/C14H17NO5S/c1-7-2-4-8(5-3-7)21-13-10-12(20-14(18)15-10)11(17)9(6-16)19-13/h2-5,9-13,16-17H,6H2,1H3,(H,15,18)/t9?,10-,11?,12+,13+/m0/s1. The summed E-state index contributed by atoms with van der Waals surface area (Å²) < 4.78 is 10.8. The molecule has 2 fully saturated rings. The van der Waals surface area contributed by atoms with Crippen LogP contribution in [-0.2, 0) is 9.47 Å². The van der Waals surface area contributed by atoms with Gasteiger partial charge in [0.1, 0.15) is 23.7 Å². The molecule has 21 heavy (non-hydrogen) atoms. The van der Waals surface area contributed by atoms with E-state index in [1.165, 1.54) is 11.8 Å². The summed E-state index contributed by atoms with van der Waals surface area (Å²) in [4.78, 5) is 12.4. The summed E-state index contributed by atoms with van der Waals surface area (Å²) in [6, 6.07) is 7.47. The van der Waals surface area contributed by atoms with E-state index >= 15 is 0 Å². The lowest BCUT2D eigenvalue weighted by atomic mass is 9.99. The molecule has 2 heterocycles. The van der Waals surface area contributed by atoms with Gasteiger partial charge in [0.05, 0.1) is 6.61 Å². The maximum Gasteiger partial charge on any atom is 0.408 e. The van der Waals surface area contributed by atoms with Crippen LogP contribution in [0, 0.1) is 6.92 Å². The van der Waals surface area contributed by atoms with Gasteiger partial charge in [-0.05, 0) is 19.1 Å². The number of alkyl carbamates (subject to hydrolysis) is 1. The van der Waals surface area contributed by atoms with Gasteiger partial charge in [-0.25, -0.2) is 4.79 Å². The number of nitrogens with one attached hydrogen (secondary N) is 1. The zero-order valence-corrected chi connectivity index (χ0v) is 12.2. The van der Waals surface area contributed by atoms with Gasteiger partial charge in [-0.2, -0.15) is 0 Å². The number of aryl methyl sites for hydroxylation is 1. The molecule has 114 valence electrons. The van der Waals surface area contributed by atoms with E-state index in [9.17, 15) is 15.0 Å². The minimum absolute atomic E-state index is 0.326. The van der Waals surface area contributed by atoms with Crippen molar-refractivity contribution in [3.05, 3.63) is 29.8 Å². The summed E-state index contributed by atoms with van der Waals surface area (Å²) in [5, 5.41) is 22.0. The molecule has 0 aliphatic carbocycles. The van der Waals surface area contributed by atoms with Crippen LogP contribution in [0.1, 0.15) is 5.56 Å². The molecule has 3 rings (SSSR count). The summed E-state index contributed by atoms with van der Waals surface area (Å²) >= 11 is 1.43. The van der Waals surface area contributed by atoms with Crippen molar-refractivity contribution in [3.63, 3.8) is 0 Å². The molecule has 2 unspecified atom stereocenters. The first kappa shape index (κ1) is 14.6. The highest BCUT2D eigenvalue weighted by Crippen LogP contribution is 2.36. The van der Waals surface area contributed by atoms with Crippen molar-refractivity contribution in [2.75, 3.05) is 6.61 Å². The van der Waals surface area contributed by atoms with Crippen molar-refractivity contribution >= 4 is 17.9 Å². The third-order valence-corrected chi connectivity index (χ3v) is 4.84. The lowest BCUT2D eigenvalue weighted by Gasteiger charge is -2.39. The van der Waals surface area contributed by atoms with Crippen LogP contribution in [0.3, 0.4) is 0 Å². The Bertz CT molecular complexity index is 523. The van der Waals surface area contributed by atoms with Gasteiger partial charge >= 0.3 is 6.09 Å². The van der Waals surface area contributed by atoms with Crippen molar-refractivity contribution < 1.29 is 24.5 Å². The molecule has 7 heteroatoms. The number of rotatable bonds is 3. The summed E-state index contributed by atoms with van der Waals surface area (Å²) in [7, 11) is 0. The smallest absolute Gasteiger partial charge is 0.408 e. The number of benzene rings is 1. The molecule has 0 bridgehead atoms. The predicted octanol–water partition coefficient (Wildman–Crippen LogP) is 0.642. The number of amides is 1. The van der Waals surface area contributed by atoms with Crippen LogP contribution in [0.5, 0.6) is 0 Å². The average molecular weight is 311 g/mol. The summed E-state index contributed by atoms with van der Waals surface area (Å²) in [6.07, 6.45) is -3.07. The molecule has 0 spiro atoms. The molecule has 0 radical (unpaired) electrons. The Morgan fingerprint density at radius 3 is 2.71 bits per heavy atom. The quantitative estimate of drug-likeness (QED) is 0.759. The number of ether oxygens (including phenoxy) is 2. The fraction of sp³-hybridized carbons (Fsp3) is 0.500. The first-order valence-electron chi connectivity index (χ1n) is 6.73. The number of thioether (sulfide) groups is 1. The molecule has 5 atom stereocenters. The minimum Gasteiger partial charge on any atom is -0.441 e. The molecule has 0 aromatic heterocycles. The zero-order chi connectivity index (χ0) is 15.0. The number of hydrogen-bond donors (Lipinski definition) is 3. The Kier molecular flexibility index (Phi) is 4.08. The first-order valence-corrected chi connectivity index (χ1v) is 7.61. The van der Waals surface area contributed by atoms with Crippen molar-refractivity contribution in [1.29, 1.82) is 0 Å². The molecule has 2 aliphatic heterocycles. The number of carbonyl (C=O) groups excluding carboxylic acids is 1. The van der Waals surface area contributed by atoms with Crippen LogP contribution in [0.4, 0.5) is 4.79 Å². The van der Waals surface area contributed by atoms with E-state index in [1.54, 1.807) is 0 Å². The Morgan fingerprint density at radius 1 is 1.33 bits per heavy atom. The molecule has 1 amide bonds. The van der Waals surface area contributed by atoms with E-state index in [1.807, 2.05) is 31.2 Å². The van der Waals surface area contributed by atoms with Gasteiger partial charge in [-0.15, -0.1) is 0 Å². The molecular weight excluding hydrogens is 294 g/mol. The van der Waals surface area contributed by atoms with Crippen LogP contribution in [0.25, 0.3) is 0 Å². The third kappa shape index (κ3) is 2.87. The van der Waals surface area contributed by atoms with E-state index in [0.29, 0.717) is 0 Å². The van der Waals surface area contributed by atoms with Gasteiger partial charge in [0.2, 0.25) is 0 Å². The molecule has 1 aromatic rings. The number of aliphatic hydroxyl groups excluding tert-OH is 2. The molecule has 2 saturated heterocycles. The molecule has 1 aromatic carbocycles. The van der Waals surface area contributed by atoms with Gasteiger partial charge in [-0.1, -0.05) is 29.5 Å². The topological polar surface area (TPSA) is 88.0 Å². The van der Waals surface area contributed by atoms with E-state index in [0.717, 1.165) is 10.5 Å². The zero-order valence-electron chi connectivity index (χ0n) is 11.4. The van der Waals surface area contributed by atoms with E-state index in [-0.39, 0.29) is 6.61 Å². The molecular formula is C14H17NO5S. The fourth-order valence-electron chi connectivity index (χ4n) is 2.51. The monoisotopic (exact) mass is 311 g/mol. The van der Waals surface area contributed by atoms with Gasteiger partial charge in [0, 0.05) is 4.90 Å². The minimum atomic E-state index is -1.03. The van der Waals surface area contributed by atoms with E-state index in [4.69, 9.17) is 9.47 Å². The number of fused-ring (bicyclic) bond motifs is 1. The lowest BCUT2D eigenvalue weighted by molar-refractivity contribution is -0.154. The second-order valence-electron chi connectivity index (χ2n) is 5.19. The molecule has 6 nitrogen and oxygen atoms in total. The number of hydrogen-bond acceptors (Lipinski definition) is 6. The third-order valence-electron chi connectivity index (χ3n) is 3.65. The van der Waals surface area contributed by atoms with Crippen molar-refractivity contribution in [2.24, 2.45) is 0 Å². The molecule has 0 saturated carbocycles. The highest BCUT2D eigenvalue weighted by molar-refractivity contribution is 7.99. The number of carbonyl (C=O) groups is 1. The predicted molar refractivity (Wildman–Crippen MR) is 76.0 cm³/mol. The van der Waals surface area contributed by atoms with Crippen molar-refractivity contribution in [3.8, 4) is 0 Å². The van der Waals surface area contributed by atoms with E-state index in [2.05, 4.69) is 5.32 Å². The van der Waals surface area contributed by atoms with Crippen LogP contribution < -0.4 is 5.32 Å². The van der Waals surface area contributed by atoms with Gasteiger partial charge in [0.25, 0.3) is 0 Å². The maximum atomic E-state index is 11.4. The maximum absolute atomic E-state index is 11.4. The highest BCUT2D eigenvalue weighted by atomic mass is 32.2. The Morgan fingerprint density at radius 2 is 2.05 bits per heavy atom. The second kappa shape index (κ2) is 5.84. The normalized spacial score (nSPS) is 35.0. The summed E-state index contributed by atoms with van der Waals surface area (Å²) in [6.45, 7) is 1.68. The second-order valence-corrected chi connectivity index (χ2v) is 6.36. The van der Waals surface area contributed by atoms with Crippen LogP contribution in [0.2, 0.25) is 0 Å². The van der Waals surface area contributed by atoms with Gasteiger partial charge in [0.15, 0.2) is 6.10 Å². The van der Waals surface area contributed by atoms with Crippen LogP contribution in [-0.4, -0.2) is 52.7 Å². The van der Waals surface area contributed by atoms with Crippen LogP contribution >= 0.6 is 11.8 Å². The first-order chi connectivity index (χ1) is 10.1.